The maximum Gasteiger partial charge on any atom is 0.229 e. The van der Waals surface area contributed by atoms with Crippen molar-refractivity contribution in [3.05, 3.63) is 65.9 Å². The van der Waals surface area contributed by atoms with Gasteiger partial charge in [0.15, 0.2) is 0 Å². The molecule has 2 aromatic heterocycles. The monoisotopic (exact) mass is 420 g/mol. The Morgan fingerprint density at radius 1 is 1.19 bits per heavy atom. The van der Waals surface area contributed by atoms with Crippen LogP contribution >= 0.6 is 0 Å². The summed E-state index contributed by atoms with van der Waals surface area (Å²) in [7, 11) is 0. The van der Waals surface area contributed by atoms with Gasteiger partial charge in [0.05, 0.1) is 18.7 Å². The summed E-state index contributed by atoms with van der Waals surface area (Å²) in [6.07, 6.45) is 9.53. The molecule has 0 aliphatic carbocycles. The minimum absolute atomic E-state index is 0.0106. The number of amides is 1. The predicted octanol–water partition coefficient (Wildman–Crippen LogP) is 3.97. The fourth-order valence-corrected chi connectivity index (χ4v) is 4.19. The number of carbonyl (C=O) groups excluding carboxylic acids is 1. The summed E-state index contributed by atoms with van der Waals surface area (Å²) in [4.78, 5) is 22.9. The fourth-order valence-electron chi connectivity index (χ4n) is 4.19. The second kappa shape index (κ2) is 10.4. The lowest BCUT2D eigenvalue weighted by Crippen LogP contribution is -2.35. The van der Waals surface area contributed by atoms with E-state index in [1.54, 1.807) is 6.20 Å². The van der Waals surface area contributed by atoms with Gasteiger partial charge in [-0.2, -0.15) is 5.10 Å². The van der Waals surface area contributed by atoms with E-state index in [0.717, 1.165) is 56.1 Å². The molecule has 1 aromatic carbocycles. The summed E-state index contributed by atoms with van der Waals surface area (Å²) in [5.74, 6) is 1.87. The average Bonchev–Trinajstić information content (AvgIpc) is 3.43. The Morgan fingerprint density at radius 3 is 2.77 bits per heavy atom. The van der Waals surface area contributed by atoms with Crippen molar-refractivity contribution in [2.75, 3.05) is 18.4 Å². The molecule has 3 heterocycles. The topological polar surface area (TPSA) is 78.8 Å². The SMILES string of the molecule is CCCCc1ncc(CN2CCC(n3nccc3NC(=O)Cc3ccccc3)CC2)[nH]1. The van der Waals surface area contributed by atoms with Crippen molar-refractivity contribution in [3.8, 4) is 0 Å². The van der Waals surface area contributed by atoms with Crippen molar-refractivity contribution in [3.63, 3.8) is 0 Å². The van der Waals surface area contributed by atoms with E-state index >= 15 is 0 Å². The lowest BCUT2D eigenvalue weighted by atomic mass is 10.1. The number of aromatic amines is 1. The van der Waals surface area contributed by atoms with E-state index in [-0.39, 0.29) is 5.91 Å². The highest BCUT2D eigenvalue weighted by Gasteiger charge is 2.23. The molecule has 0 saturated carbocycles. The van der Waals surface area contributed by atoms with E-state index in [2.05, 4.69) is 32.2 Å². The third-order valence-electron chi connectivity index (χ3n) is 5.89. The minimum atomic E-state index is -0.0106. The Morgan fingerprint density at radius 2 is 2.00 bits per heavy atom. The molecule has 31 heavy (non-hydrogen) atoms. The number of unbranched alkanes of at least 4 members (excludes halogenated alkanes) is 1. The average molecular weight is 421 g/mol. The number of anilines is 1. The first-order chi connectivity index (χ1) is 15.2. The summed E-state index contributed by atoms with van der Waals surface area (Å²) in [6, 6.07) is 12.0. The number of imidazole rings is 1. The van der Waals surface area contributed by atoms with E-state index in [1.165, 1.54) is 18.5 Å². The van der Waals surface area contributed by atoms with Crippen molar-refractivity contribution in [2.24, 2.45) is 0 Å². The largest absolute Gasteiger partial charge is 0.345 e. The van der Waals surface area contributed by atoms with Crippen molar-refractivity contribution in [2.45, 2.75) is 58.0 Å². The van der Waals surface area contributed by atoms with E-state index in [0.29, 0.717) is 12.5 Å². The zero-order valence-electron chi connectivity index (χ0n) is 18.3. The van der Waals surface area contributed by atoms with Gasteiger partial charge in [-0.15, -0.1) is 0 Å². The van der Waals surface area contributed by atoms with E-state index in [9.17, 15) is 4.79 Å². The summed E-state index contributed by atoms with van der Waals surface area (Å²) >= 11 is 0. The molecule has 0 bridgehead atoms. The molecule has 4 rings (SSSR count). The zero-order valence-corrected chi connectivity index (χ0v) is 18.3. The Hall–Kier alpha value is -2.93. The third-order valence-corrected chi connectivity index (χ3v) is 5.89. The number of nitrogens with one attached hydrogen (secondary N) is 2. The number of H-pyrrole nitrogens is 1. The van der Waals surface area contributed by atoms with Crippen molar-refractivity contribution in [1.82, 2.24) is 24.6 Å². The van der Waals surface area contributed by atoms with Gasteiger partial charge in [-0.1, -0.05) is 43.7 Å². The van der Waals surface area contributed by atoms with Crippen LogP contribution in [0.15, 0.2) is 48.8 Å². The summed E-state index contributed by atoms with van der Waals surface area (Å²) < 4.78 is 1.99. The molecule has 2 N–H and O–H groups in total. The molecule has 164 valence electrons. The highest BCUT2D eigenvalue weighted by molar-refractivity contribution is 5.91. The number of rotatable bonds is 9. The summed E-state index contributed by atoms with van der Waals surface area (Å²) in [5, 5.41) is 7.55. The standard InChI is InChI=1S/C24H32N6O/c1-2-3-9-22-25-17-20(27-22)18-29-14-11-21(12-15-29)30-23(10-13-26-30)28-24(31)16-19-7-5-4-6-8-19/h4-8,10,13,17,21H,2-3,9,11-12,14-16,18H2,1H3,(H,25,27)(H,28,31). The van der Waals surface area contributed by atoms with Crippen molar-refractivity contribution in [1.29, 1.82) is 0 Å². The molecule has 0 radical (unpaired) electrons. The normalized spacial score (nSPS) is 15.3. The molecule has 1 saturated heterocycles. The first-order valence-electron chi connectivity index (χ1n) is 11.3. The highest BCUT2D eigenvalue weighted by Crippen LogP contribution is 2.26. The van der Waals surface area contributed by atoms with Crippen LogP contribution in [0, 0.1) is 0 Å². The number of benzene rings is 1. The Bertz CT molecular complexity index is 955. The molecular weight excluding hydrogens is 388 g/mol. The minimum Gasteiger partial charge on any atom is -0.345 e. The molecule has 7 heteroatoms. The van der Waals surface area contributed by atoms with Gasteiger partial charge < -0.3 is 10.3 Å². The Balaban J connectivity index is 1.28. The van der Waals surface area contributed by atoms with E-state index < -0.39 is 0 Å². The van der Waals surface area contributed by atoms with Crippen LogP contribution in [0.2, 0.25) is 0 Å². The lowest BCUT2D eigenvalue weighted by Gasteiger charge is -2.32. The number of nitrogens with zero attached hydrogens (tertiary/aromatic N) is 4. The fraction of sp³-hybridized carbons (Fsp3) is 0.458. The second-order valence-electron chi connectivity index (χ2n) is 8.34. The van der Waals surface area contributed by atoms with Gasteiger partial charge >= 0.3 is 0 Å². The molecule has 0 atom stereocenters. The maximum absolute atomic E-state index is 12.5. The van der Waals surface area contributed by atoms with Crippen molar-refractivity contribution < 1.29 is 4.79 Å². The van der Waals surface area contributed by atoms with Gasteiger partial charge in [0, 0.05) is 44.0 Å². The number of piperidine rings is 1. The lowest BCUT2D eigenvalue weighted by molar-refractivity contribution is -0.115. The molecular formula is C24H32N6O. The van der Waals surface area contributed by atoms with Crippen LogP contribution in [0.1, 0.15) is 55.7 Å². The first-order valence-corrected chi connectivity index (χ1v) is 11.3. The Kier molecular flexibility index (Phi) is 7.14. The van der Waals surface area contributed by atoms with Crippen LogP contribution in [-0.2, 0) is 24.2 Å². The van der Waals surface area contributed by atoms with Gasteiger partial charge in [0.25, 0.3) is 0 Å². The number of hydrogen-bond donors (Lipinski definition) is 2. The molecule has 0 spiro atoms. The molecule has 1 aliphatic heterocycles. The highest BCUT2D eigenvalue weighted by atomic mass is 16.1. The second-order valence-corrected chi connectivity index (χ2v) is 8.34. The first kappa shape index (κ1) is 21.3. The van der Waals surface area contributed by atoms with Gasteiger partial charge in [0.2, 0.25) is 5.91 Å². The number of aromatic nitrogens is 4. The van der Waals surface area contributed by atoms with Crippen LogP contribution in [0.3, 0.4) is 0 Å². The van der Waals surface area contributed by atoms with Crippen LogP contribution in [-0.4, -0.2) is 43.6 Å². The van der Waals surface area contributed by atoms with Gasteiger partial charge in [0.1, 0.15) is 11.6 Å². The van der Waals surface area contributed by atoms with Gasteiger partial charge in [-0.05, 0) is 24.8 Å². The molecule has 1 fully saturated rings. The van der Waals surface area contributed by atoms with Gasteiger partial charge in [-0.3, -0.25) is 9.69 Å². The van der Waals surface area contributed by atoms with Gasteiger partial charge in [-0.25, -0.2) is 9.67 Å². The summed E-state index contributed by atoms with van der Waals surface area (Å²) in [5.41, 5.74) is 2.20. The number of likely N-dealkylation sites (tertiary alicyclic amines) is 1. The number of carbonyl (C=O) groups is 1. The van der Waals surface area contributed by atoms with Crippen LogP contribution in [0.25, 0.3) is 0 Å². The molecule has 1 aliphatic rings. The van der Waals surface area contributed by atoms with Crippen LogP contribution in [0.5, 0.6) is 0 Å². The number of hydrogen-bond acceptors (Lipinski definition) is 4. The van der Waals surface area contributed by atoms with Crippen LogP contribution < -0.4 is 5.32 Å². The van der Waals surface area contributed by atoms with E-state index in [1.807, 2.05) is 47.3 Å². The predicted molar refractivity (Wildman–Crippen MR) is 122 cm³/mol. The zero-order chi connectivity index (χ0) is 21.5. The third kappa shape index (κ3) is 5.82. The quantitative estimate of drug-likeness (QED) is 0.549. The number of aryl methyl sites for hydroxylation is 1. The van der Waals surface area contributed by atoms with Crippen molar-refractivity contribution >= 4 is 11.7 Å². The smallest absolute Gasteiger partial charge is 0.229 e. The molecule has 7 nitrogen and oxygen atoms in total. The molecule has 3 aromatic rings. The molecule has 0 unspecified atom stereocenters. The summed E-state index contributed by atoms with van der Waals surface area (Å²) in [6.45, 7) is 5.12. The Labute approximate surface area is 183 Å². The molecule has 1 amide bonds. The van der Waals surface area contributed by atoms with E-state index in [4.69, 9.17) is 0 Å². The maximum atomic E-state index is 12.5. The van der Waals surface area contributed by atoms with Crippen LogP contribution in [0.4, 0.5) is 5.82 Å².